The summed E-state index contributed by atoms with van der Waals surface area (Å²) in [7, 11) is 0. The molecule has 1 nitrogen and oxygen atoms in total. The molecule has 4 rings (SSSR count). The first-order valence-corrected chi connectivity index (χ1v) is 10.7. The van der Waals surface area contributed by atoms with E-state index in [-0.39, 0.29) is 0 Å². The molecule has 0 spiro atoms. The van der Waals surface area contributed by atoms with Gasteiger partial charge >= 0.3 is 0 Å². The maximum atomic E-state index is 4.17. The van der Waals surface area contributed by atoms with Crippen LogP contribution in [0.25, 0.3) is 22.9 Å². The van der Waals surface area contributed by atoms with Crippen LogP contribution in [0, 0.1) is 27.7 Å². The second kappa shape index (κ2) is 8.28. The summed E-state index contributed by atoms with van der Waals surface area (Å²) in [5.74, 6) is 0. The third-order valence-corrected chi connectivity index (χ3v) is 6.24. The van der Waals surface area contributed by atoms with Gasteiger partial charge in [-0.05, 0) is 91.2 Å². The number of nitrogens with zero attached hydrogens (tertiary/aromatic N) is 1. The van der Waals surface area contributed by atoms with Crippen LogP contribution in [0.2, 0.25) is 0 Å². The van der Waals surface area contributed by atoms with Crippen LogP contribution in [0.4, 0.5) is 17.1 Å². The Balaban J connectivity index is 2.14. The monoisotopic (exact) mass is 403 g/mol. The predicted octanol–water partition coefficient (Wildman–Crippen LogP) is 8.83. The quantitative estimate of drug-likeness (QED) is 0.322. The minimum absolute atomic E-state index is 1.08. The number of fused-ring (bicyclic) bond motifs is 1. The largest absolute Gasteiger partial charge is 0.309 e. The van der Waals surface area contributed by atoms with Crippen molar-refractivity contribution in [3.8, 4) is 0 Å². The summed E-state index contributed by atoms with van der Waals surface area (Å²) in [5, 5.41) is 2.38. The molecule has 154 valence electrons. The molecule has 0 aliphatic heterocycles. The Hall–Kier alpha value is -3.58. The summed E-state index contributed by atoms with van der Waals surface area (Å²) in [6, 6.07) is 24.1. The van der Waals surface area contributed by atoms with Crippen molar-refractivity contribution in [3.05, 3.63) is 113 Å². The number of benzene rings is 4. The molecule has 4 aromatic rings. The molecule has 0 aliphatic rings. The van der Waals surface area contributed by atoms with Crippen molar-refractivity contribution in [2.45, 2.75) is 27.7 Å². The fourth-order valence-corrected chi connectivity index (χ4v) is 4.13. The van der Waals surface area contributed by atoms with Crippen molar-refractivity contribution >= 4 is 40.0 Å². The van der Waals surface area contributed by atoms with E-state index in [9.17, 15) is 0 Å². The zero-order valence-corrected chi connectivity index (χ0v) is 18.9. The summed E-state index contributed by atoms with van der Waals surface area (Å²) in [6.07, 6.45) is 3.87. The molecule has 0 saturated heterocycles. The number of hydrogen-bond donors (Lipinski definition) is 0. The molecular weight excluding hydrogens is 374 g/mol. The SMILES string of the molecule is C=Cc1cc2ccccc2c(N(c2ccc(C)c(C)c2)c2ccc(C)c(C)c2)c1C=C. The molecule has 0 radical (unpaired) electrons. The normalized spacial score (nSPS) is 10.8. The van der Waals surface area contributed by atoms with Gasteiger partial charge in [0.15, 0.2) is 0 Å². The minimum atomic E-state index is 1.08. The first-order chi connectivity index (χ1) is 14.9. The third-order valence-electron chi connectivity index (χ3n) is 6.24. The average molecular weight is 404 g/mol. The van der Waals surface area contributed by atoms with Gasteiger partial charge in [-0.1, -0.05) is 61.7 Å². The van der Waals surface area contributed by atoms with Gasteiger partial charge in [-0.3, -0.25) is 0 Å². The lowest BCUT2D eigenvalue weighted by Crippen LogP contribution is -2.13. The van der Waals surface area contributed by atoms with Crippen molar-refractivity contribution in [2.75, 3.05) is 4.90 Å². The van der Waals surface area contributed by atoms with Crippen LogP contribution in [0.3, 0.4) is 0 Å². The van der Waals surface area contributed by atoms with Crippen molar-refractivity contribution < 1.29 is 0 Å². The van der Waals surface area contributed by atoms with Crippen LogP contribution in [0.5, 0.6) is 0 Å². The van der Waals surface area contributed by atoms with Gasteiger partial charge in [-0.15, -0.1) is 0 Å². The van der Waals surface area contributed by atoms with E-state index in [1.807, 2.05) is 12.2 Å². The lowest BCUT2D eigenvalue weighted by molar-refractivity contribution is 1.23. The molecule has 0 fully saturated rings. The van der Waals surface area contributed by atoms with Gasteiger partial charge < -0.3 is 4.90 Å². The summed E-state index contributed by atoms with van der Waals surface area (Å²) in [4.78, 5) is 2.37. The Kier molecular flexibility index (Phi) is 5.52. The Morgan fingerprint density at radius 2 is 1.23 bits per heavy atom. The van der Waals surface area contributed by atoms with Crippen LogP contribution >= 0.6 is 0 Å². The van der Waals surface area contributed by atoms with Crippen LogP contribution in [0.15, 0.2) is 79.9 Å². The summed E-state index contributed by atoms with van der Waals surface area (Å²) < 4.78 is 0. The van der Waals surface area contributed by atoms with Gasteiger partial charge in [0.25, 0.3) is 0 Å². The van der Waals surface area contributed by atoms with E-state index in [1.54, 1.807) is 0 Å². The van der Waals surface area contributed by atoms with Gasteiger partial charge in [0, 0.05) is 22.3 Å². The van der Waals surface area contributed by atoms with Gasteiger partial charge in [-0.2, -0.15) is 0 Å². The van der Waals surface area contributed by atoms with Crippen LogP contribution in [-0.4, -0.2) is 0 Å². The third kappa shape index (κ3) is 3.68. The first kappa shape index (κ1) is 20.7. The Morgan fingerprint density at radius 3 is 1.74 bits per heavy atom. The topological polar surface area (TPSA) is 3.24 Å². The minimum Gasteiger partial charge on any atom is -0.309 e. The maximum absolute atomic E-state index is 4.17. The van der Waals surface area contributed by atoms with Crippen LogP contribution in [0.1, 0.15) is 33.4 Å². The van der Waals surface area contributed by atoms with Crippen molar-refractivity contribution in [1.82, 2.24) is 0 Å². The number of rotatable bonds is 5. The predicted molar refractivity (Wildman–Crippen MR) is 138 cm³/mol. The zero-order chi connectivity index (χ0) is 22.1. The van der Waals surface area contributed by atoms with E-state index in [0.717, 1.165) is 28.2 Å². The van der Waals surface area contributed by atoms with Crippen molar-refractivity contribution in [1.29, 1.82) is 0 Å². The van der Waals surface area contributed by atoms with E-state index in [2.05, 4.69) is 112 Å². The van der Waals surface area contributed by atoms with E-state index in [1.165, 1.54) is 33.0 Å². The van der Waals surface area contributed by atoms with Crippen molar-refractivity contribution in [2.24, 2.45) is 0 Å². The lowest BCUT2D eigenvalue weighted by atomic mass is 9.95. The molecule has 0 amide bonds. The Morgan fingerprint density at radius 1 is 0.645 bits per heavy atom. The summed E-state index contributed by atoms with van der Waals surface area (Å²) in [5.41, 5.74) is 10.7. The van der Waals surface area contributed by atoms with E-state index < -0.39 is 0 Å². The molecule has 0 atom stereocenters. The molecule has 0 aromatic heterocycles. The molecule has 31 heavy (non-hydrogen) atoms. The highest BCUT2D eigenvalue weighted by molar-refractivity contribution is 6.05. The molecule has 4 aromatic carbocycles. The summed E-state index contributed by atoms with van der Waals surface area (Å²) >= 11 is 0. The second-order valence-corrected chi connectivity index (χ2v) is 8.23. The zero-order valence-electron chi connectivity index (χ0n) is 18.9. The lowest BCUT2D eigenvalue weighted by Gasteiger charge is -2.30. The van der Waals surface area contributed by atoms with E-state index in [0.29, 0.717) is 0 Å². The van der Waals surface area contributed by atoms with Gasteiger partial charge in [0.1, 0.15) is 0 Å². The molecular formula is C30H29N. The van der Waals surface area contributed by atoms with Crippen molar-refractivity contribution in [3.63, 3.8) is 0 Å². The summed E-state index contributed by atoms with van der Waals surface area (Å²) in [6.45, 7) is 16.9. The van der Waals surface area contributed by atoms with E-state index in [4.69, 9.17) is 0 Å². The number of aryl methyl sites for hydroxylation is 4. The average Bonchev–Trinajstić information content (AvgIpc) is 2.78. The van der Waals surface area contributed by atoms with Gasteiger partial charge in [-0.25, -0.2) is 0 Å². The van der Waals surface area contributed by atoms with Gasteiger partial charge in [0.2, 0.25) is 0 Å². The molecule has 0 aliphatic carbocycles. The molecule has 0 heterocycles. The molecule has 0 saturated carbocycles. The van der Waals surface area contributed by atoms with Crippen LogP contribution in [-0.2, 0) is 0 Å². The van der Waals surface area contributed by atoms with Crippen LogP contribution < -0.4 is 4.90 Å². The second-order valence-electron chi connectivity index (χ2n) is 8.23. The maximum Gasteiger partial charge on any atom is 0.0618 e. The standard InChI is InChI=1S/C30H29N/c1-7-24-19-25-11-9-10-12-29(25)30(28(24)8-2)31(26-15-13-20(3)22(5)17-26)27-16-14-21(4)23(6)18-27/h7-19H,1-2H2,3-6H3. The molecule has 0 N–H and O–H groups in total. The number of hydrogen-bond acceptors (Lipinski definition) is 1. The highest BCUT2D eigenvalue weighted by Crippen LogP contribution is 2.44. The fraction of sp³-hybridized carbons (Fsp3) is 0.133. The first-order valence-electron chi connectivity index (χ1n) is 10.7. The molecule has 1 heteroatoms. The smallest absolute Gasteiger partial charge is 0.0618 e. The Labute approximate surface area is 186 Å². The Bertz CT molecular complexity index is 1260. The van der Waals surface area contributed by atoms with Gasteiger partial charge in [0.05, 0.1) is 5.69 Å². The fourth-order valence-electron chi connectivity index (χ4n) is 4.13. The van der Waals surface area contributed by atoms with E-state index >= 15 is 0 Å². The number of anilines is 3. The molecule has 0 bridgehead atoms. The highest BCUT2D eigenvalue weighted by Gasteiger charge is 2.20. The molecule has 0 unspecified atom stereocenters. The highest BCUT2D eigenvalue weighted by atomic mass is 15.1.